The number of ether oxygens (including phenoxy) is 1. The standard InChI is InChI=1S/C33H28N4O4/c1-3-41-29-20-27(21(2)18-28(29)35-32(39)22-12-6-4-7-13-22)36-37-30-25-17-11-10-14-23(25)19-26(31(30)38)33(40)34-24-15-8-5-9-16-24/h4-20,38H,3H2,1-2H3,(H,34,40)(H,35,39). The normalized spacial score (nSPS) is 11.0. The van der Waals surface area contributed by atoms with Crippen molar-refractivity contribution in [3.63, 3.8) is 0 Å². The molecule has 0 radical (unpaired) electrons. The zero-order valence-corrected chi connectivity index (χ0v) is 22.6. The van der Waals surface area contributed by atoms with Crippen LogP contribution in [-0.2, 0) is 0 Å². The fourth-order valence-electron chi connectivity index (χ4n) is 4.36. The Morgan fingerprint density at radius 1 is 0.805 bits per heavy atom. The van der Waals surface area contributed by atoms with Crippen molar-refractivity contribution in [2.75, 3.05) is 17.2 Å². The van der Waals surface area contributed by atoms with Crippen LogP contribution in [0.5, 0.6) is 11.5 Å². The predicted octanol–water partition coefficient (Wildman–Crippen LogP) is 8.17. The summed E-state index contributed by atoms with van der Waals surface area (Å²) in [4.78, 5) is 25.9. The fourth-order valence-corrected chi connectivity index (χ4v) is 4.36. The second kappa shape index (κ2) is 12.1. The molecule has 5 aromatic rings. The van der Waals surface area contributed by atoms with Crippen molar-refractivity contribution >= 4 is 45.3 Å². The lowest BCUT2D eigenvalue weighted by molar-refractivity contribution is 0.101. The van der Waals surface area contributed by atoms with Gasteiger partial charge in [0.25, 0.3) is 11.8 Å². The lowest BCUT2D eigenvalue weighted by Crippen LogP contribution is -2.13. The van der Waals surface area contributed by atoms with Crippen molar-refractivity contribution in [3.05, 3.63) is 120 Å². The van der Waals surface area contributed by atoms with E-state index in [1.54, 1.807) is 54.6 Å². The number of hydrogen-bond acceptors (Lipinski definition) is 6. The molecule has 0 heterocycles. The summed E-state index contributed by atoms with van der Waals surface area (Å²) in [6.45, 7) is 4.06. The molecule has 0 saturated carbocycles. The van der Waals surface area contributed by atoms with Gasteiger partial charge in [0.05, 0.1) is 23.5 Å². The van der Waals surface area contributed by atoms with E-state index in [9.17, 15) is 14.7 Å². The number of anilines is 2. The van der Waals surface area contributed by atoms with E-state index in [-0.39, 0.29) is 22.9 Å². The first-order valence-electron chi connectivity index (χ1n) is 13.1. The highest BCUT2D eigenvalue weighted by Gasteiger charge is 2.19. The molecule has 0 unspecified atom stereocenters. The molecular weight excluding hydrogens is 516 g/mol. The summed E-state index contributed by atoms with van der Waals surface area (Å²) in [6.07, 6.45) is 0. The highest BCUT2D eigenvalue weighted by atomic mass is 16.5. The minimum absolute atomic E-state index is 0.0761. The number of aromatic hydroxyl groups is 1. The smallest absolute Gasteiger partial charge is 0.259 e. The Labute approximate surface area is 237 Å². The Morgan fingerprint density at radius 2 is 1.49 bits per heavy atom. The summed E-state index contributed by atoms with van der Waals surface area (Å²) in [5.74, 6) is -0.580. The zero-order chi connectivity index (χ0) is 28.8. The molecule has 2 amide bonds. The maximum Gasteiger partial charge on any atom is 0.259 e. The highest BCUT2D eigenvalue weighted by molar-refractivity contribution is 6.11. The van der Waals surface area contributed by atoms with Gasteiger partial charge in [-0.2, -0.15) is 0 Å². The van der Waals surface area contributed by atoms with Gasteiger partial charge in [0, 0.05) is 22.7 Å². The summed E-state index contributed by atoms with van der Waals surface area (Å²) in [5.41, 5.74) is 3.08. The van der Waals surface area contributed by atoms with Gasteiger partial charge >= 0.3 is 0 Å². The molecule has 5 rings (SSSR count). The number of carbonyl (C=O) groups excluding carboxylic acids is 2. The Kier molecular flexibility index (Phi) is 8.01. The first-order valence-corrected chi connectivity index (χ1v) is 13.1. The van der Waals surface area contributed by atoms with Crippen LogP contribution in [0.2, 0.25) is 0 Å². The number of nitrogens with one attached hydrogen (secondary N) is 2. The Bertz CT molecular complexity index is 1750. The number of phenolic OH excluding ortho intramolecular Hbond substituents is 1. The van der Waals surface area contributed by atoms with Crippen LogP contribution in [0, 0.1) is 6.92 Å². The van der Waals surface area contributed by atoms with Crippen LogP contribution < -0.4 is 15.4 Å². The van der Waals surface area contributed by atoms with E-state index in [0.717, 1.165) is 10.9 Å². The Balaban J connectivity index is 1.50. The molecule has 204 valence electrons. The van der Waals surface area contributed by atoms with Crippen LogP contribution in [0.3, 0.4) is 0 Å². The fraction of sp³-hybridized carbons (Fsp3) is 0.0909. The molecule has 0 aromatic heterocycles. The summed E-state index contributed by atoms with van der Waals surface area (Å²) < 4.78 is 5.80. The van der Waals surface area contributed by atoms with Crippen LogP contribution in [0.25, 0.3) is 10.8 Å². The first-order chi connectivity index (χ1) is 19.9. The lowest BCUT2D eigenvalue weighted by atomic mass is 10.0. The van der Waals surface area contributed by atoms with Crippen LogP contribution in [-0.4, -0.2) is 23.5 Å². The summed E-state index contributed by atoms with van der Waals surface area (Å²) in [7, 11) is 0. The molecule has 41 heavy (non-hydrogen) atoms. The number of phenols is 1. The maximum absolute atomic E-state index is 13.1. The molecule has 0 spiro atoms. The molecule has 3 N–H and O–H groups in total. The molecule has 0 bridgehead atoms. The molecule has 0 atom stereocenters. The highest BCUT2D eigenvalue weighted by Crippen LogP contribution is 2.41. The van der Waals surface area contributed by atoms with Gasteiger partial charge in [-0.15, -0.1) is 10.2 Å². The average Bonchev–Trinajstić information content (AvgIpc) is 2.99. The third-order valence-corrected chi connectivity index (χ3v) is 6.41. The average molecular weight is 545 g/mol. The number of azo groups is 1. The van der Waals surface area contributed by atoms with Gasteiger partial charge in [-0.1, -0.05) is 60.7 Å². The second-order valence-corrected chi connectivity index (χ2v) is 9.25. The summed E-state index contributed by atoms with van der Waals surface area (Å²) in [6, 6.07) is 30.3. The lowest BCUT2D eigenvalue weighted by Gasteiger charge is -2.14. The number of benzene rings is 5. The van der Waals surface area contributed by atoms with Gasteiger partial charge in [0.1, 0.15) is 11.4 Å². The zero-order valence-electron chi connectivity index (χ0n) is 22.6. The van der Waals surface area contributed by atoms with Crippen molar-refractivity contribution in [2.45, 2.75) is 13.8 Å². The maximum atomic E-state index is 13.1. The third-order valence-electron chi connectivity index (χ3n) is 6.41. The van der Waals surface area contributed by atoms with Crippen molar-refractivity contribution in [2.24, 2.45) is 10.2 Å². The van der Waals surface area contributed by atoms with Gasteiger partial charge in [-0.05, 0) is 61.2 Å². The predicted molar refractivity (Wildman–Crippen MR) is 161 cm³/mol. The number of amides is 2. The summed E-state index contributed by atoms with van der Waals surface area (Å²) >= 11 is 0. The molecule has 0 aliphatic rings. The molecule has 0 fully saturated rings. The number of aryl methyl sites for hydroxylation is 1. The van der Waals surface area contributed by atoms with Gasteiger partial charge in [-0.3, -0.25) is 9.59 Å². The third kappa shape index (κ3) is 6.07. The number of rotatable bonds is 8. The van der Waals surface area contributed by atoms with Crippen molar-refractivity contribution < 1.29 is 19.4 Å². The molecular formula is C33H28N4O4. The Hall–Kier alpha value is -5.50. The largest absolute Gasteiger partial charge is 0.505 e. The van der Waals surface area contributed by atoms with Gasteiger partial charge in [-0.25, -0.2) is 0 Å². The molecule has 8 heteroatoms. The molecule has 8 nitrogen and oxygen atoms in total. The van der Waals surface area contributed by atoms with Crippen LogP contribution in [0.15, 0.2) is 113 Å². The molecule has 0 aliphatic carbocycles. The number of fused-ring (bicyclic) bond motifs is 1. The first kappa shape index (κ1) is 27.1. The van der Waals surface area contributed by atoms with Crippen molar-refractivity contribution in [3.8, 4) is 11.5 Å². The van der Waals surface area contributed by atoms with Gasteiger partial charge < -0.3 is 20.5 Å². The molecule has 0 saturated heterocycles. The van der Waals surface area contributed by atoms with Crippen molar-refractivity contribution in [1.82, 2.24) is 0 Å². The van der Waals surface area contributed by atoms with Crippen LogP contribution >= 0.6 is 0 Å². The van der Waals surface area contributed by atoms with E-state index in [1.807, 2.05) is 62.4 Å². The summed E-state index contributed by atoms with van der Waals surface area (Å²) in [5, 5.41) is 27.1. The quantitative estimate of drug-likeness (QED) is 0.171. The topological polar surface area (TPSA) is 112 Å². The molecule has 0 aliphatic heterocycles. The minimum atomic E-state index is -0.468. The number of hydrogen-bond donors (Lipinski definition) is 3. The number of carbonyl (C=O) groups is 2. The van der Waals surface area contributed by atoms with E-state index in [4.69, 9.17) is 4.74 Å². The van der Waals surface area contributed by atoms with E-state index in [1.165, 1.54) is 0 Å². The van der Waals surface area contributed by atoms with E-state index >= 15 is 0 Å². The van der Waals surface area contributed by atoms with Gasteiger partial charge in [0.2, 0.25) is 0 Å². The van der Waals surface area contributed by atoms with E-state index in [0.29, 0.717) is 40.4 Å². The van der Waals surface area contributed by atoms with Crippen molar-refractivity contribution in [1.29, 1.82) is 0 Å². The minimum Gasteiger partial charge on any atom is -0.505 e. The van der Waals surface area contributed by atoms with E-state index < -0.39 is 5.91 Å². The number of para-hydroxylation sites is 1. The van der Waals surface area contributed by atoms with Gasteiger partial charge in [0.15, 0.2) is 5.75 Å². The van der Waals surface area contributed by atoms with E-state index in [2.05, 4.69) is 20.9 Å². The van der Waals surface area contributed by atoms with Crippen LogP contribution in [0.4, 0.5) is 22.7 Å². The Morgan fingerprint density at radius 3 is 2.22 bits per heavy atom. The second-order valence-electron chi connectivity index (χ2n) is 9.25. The monoisotopic (exact) mass is 544 g/mol. The number of nitrogens with zero attached hydrogens (tertiary/aromatic N) is 2. The van der Waals surface area contributed by atoms with Crippen LogP contribution in [0.1, 0.15) is 33.2 Å². The SMILES string of the molecule is CCOc1cc(N=Nc2c(O)c(C(=O)Nc3ccccc3)cc3ccccc23)c(C)cc1NC(=O)c1ccccc1. The molecule has 5 aromatic carbocycles.